The van der Waals surface area contributed by atoms with Gasteiger partial charge in [0.1, 0.15) is 16.0 Å². The molecule has 0 aliphatic carbocycles. The maximum atomic E-state index is 12.6. The summed E-state index contributed by atoms with van der Waals surface area (Å²) in [7, 11) is 3.61. The lowest BCUT2D eigenvalue weighted by atomic mass is 10.1. The molecule has 1 aliphatic heterocycles. The van der Waals surface area contributed by atoms with Crippen LogP contribution in [-0.4, -0.2) is 49.1 Å². The van der Waals surface area contributed by atoms with Crippen molar-refractivity contribution in [3.8, 4) is 0 Å². The van der Waals surface area contributed by atoms with Gasteiger partial charge in [0.2, 0.25) is 0 Å². The Hall–Kier alpha value is -0.980. The maximum absolute atomic E-state index is 12.6. The lowest BCUT2D eigenvalue weighted by Gasteiger charge is -2.32. The van der Waals surface area contributed by atoms with E-state index in [0.717, 1.165) is 41.5 Å². The smallest absolute Gasteiger partial charge is 0.265 e. The van der Waals surface area contributed by atoms with Gasteiger partial charge in [0, 0.05) is 26.2 Å². The molecule has 2 atom stereocenters. The summed E-state index contributed by atoms with van der Waals surface area (Å²) < 4.78 is 5.28. The number of nitrogens with one attached hydrogen (secondary N) is 1. The lowest BCUT2D eigenvalue weighted by molar-refractivity contribution is 0.0702. The van der Waals surface area contributed by atoms with Gasteiger partial charge in [-0.3, -0.25) is 4.79 Å². The average molecular weight is 297 g/mol. The van der Waals surface area contributed by atoms with E-state index in [0.29, 0.717) is 6.04 Å². The van der Waals surface area contributed by atoms with Gasteiger partial charge in [-0.15, -0.1) is 11.3 Å². The Morgan fingerprint density at radius 3 is 3.00 bits per heavy atom. The fourth-order valence-electron chi connectivity index (χ4n) is 2.43. The molecule has 20 heavy (non-hydrogen) atoms. The highest BCUT2D eigenvalue weighted by molar-refractivity contribution is 7.13. The van der Waals surface area contributed by atoms with Crippen molar-refractivity contribution in [3.63, 3.8) is 0 Å². The monoisotopic (exact) mass is 297 g/mol. The van der Waals surface area contributed by atoms with Gasteiger partial charge in [0.15, 0.2) is 0 Å². The van der Waals surface area contributed by atoms with Crippen molar-refractivity contribution in [2.45, 2.75) is 38.8 Å². The van der Waals surface area contributed by atoms with Gasteiger partial charge in [-0.1, -0.05) is 0 Å². The normalized spacial score (nSPS) is 21.0. The highest BCUT2D eigenvalue weighted by Gasteiger charge is 2.27. The molecular weight excluding hydrogens is 274 g/mol. The topological polar surface area (TPSA) is 54.5 Å². The van der Waals surface area contributed by atoms with Crippen LogP contribution in [0.4, 0.5) is 0 Å². The molecule has 1 aromatic heterocycles. The minimum absolute atomic E-state index is 0.0633. The van der Waals surface area contributed by atoms with Crippen molar-refractivity contribution in [3.05, 3.63) is 15.6 Å². The highest BCUT2D eigenvalue weighted by Crippen LogP contribution is 2.27. The van der Waals surface area contributed by atoms with E-state index < -0.39 is 0 Å². The van der Waals surface area contributed by atoms with Crippen LogP contribution < -0.4 is 5.32 Å². The molecular formula is C14H23N3O2S. The van der Waals surface area contributed by atoms with Crippen LogP contribution >= 0.6 is 11.3 Å². The first-order valence-electron chi connectivity index (χ1n) is 7.03. The lowest BCUT2D eigenvalue weighted by Crippen LogP contribution is -2.46. The Morgan fingerprint density at radius 2 is 2.35 bits per heavy atom. The molecule has 1 amide bonds. The first-order chi connectivity index (χ1) is 9.56. The number of amides is 1. The quantitative estimate of drug-likeness (QED) is 0.923. The molecule has 2 unspecified atom stereocenters. The van der Waals surface area contributed by atoms with Crippen LogP contribution in [0.15, 0.2) is 0 Å². The van der Waals surface area contributed by atoms with Crippen LogP contribution in [0, 0.1) is 6.92 Å². The molecule has 112 valence electrons. The number of thiazole rings is 1. The summed E-state index contributed by atoms with van der Waals surface area (Å²) in [5, 5.41) is 4.13. The summed E-state index contributed by atoms with van der Waals surface area (Å²) in [6.45, 7) is 5.46. The number of hydrogen-bond acceptors (Lipinski definition) is 5. The van der Waals surface area contributed by atoms with Crippen molar-refractivity contribution in [2.75, 3.05) is 27.2 Å². The van der Waals surface area contributed by atoms with Gasteiger partial charge in [-0.2, -0.15) is 0 Å². The summed E-state index contributed by atoms with van der Waals surface area (Å²) in [6, 6.07) is 0.401. The largest absolute Gasteiger partial charge is 0.375 e. The number of carbonyl (C=O) groups excluding carboxylic acids is 1. The van der Waals surface area contributed by atoms with E-state index in [1.807, 2.05) is 25.8 Å². The van der Waals surface area contributed by atoms with Gasteiger partial charge in [-0.25, -0.2) is 4.98 Å². The van der Waals surface area contributed by atoms with Gasteiger partial charge < -0.3 is 15.0 Å². The highest BCUT2D eigenvalue weighted by atomic mass is 32.1. The third-order valence-electron chi connectivity index (χ3n) is 3.83. The van der Waals surface area contributed by atoms with Crippen molar-refractivity contribution in [1.29, 1.82) is 0 Å². The van der Waals surface area contributed by atoms with Crippen molar-refractivity contribution in [1.82, 2.24) is 15.2 Å². The number of hydrogen-bond donors (Lipinski definition) is 1. The predicted octanol–water partition coefficient (Wildman–Crippen LogP) is 1.98. The van der Waals surface area contributed by atoms with Gasteiger partial charge in [0.25, 0.3) is 5.91 Å². The number of likely N-dealkylation sites (N-methyl/N-ethyl adjacent to an activating group) is 1. The van der Waals surface area contributed by atoms with Crippen molar-refractivity contribution >= 4 is 17.2 Å². The van der Waals surface area contributed by atoms with E-state index >= 15 is 0 Å². The van der Waals surface area contributed by atoms with E-state index in [4.69, 9.17) is 4.74 Å². The van der Waals surface area contributed by atoms with Crippen molar-refractivity contribution < 1.29 is 9.53 Å². The number of ether oxygens (including phenoxy) is 1. The fourth-order valence-corrected chi connectivity index (χ4v) is 3.49. The number of aromatic nitrogens is 1. The molecule has 0 aromatic carbocycles. The second-order valence-electron chi connectivity index (χ2n) is 5.22. The first kappa shape index (κ1) is 15.4. The SMILES string of the molecule is CNC1CCCN(C(=O)c2sc(C(C)OC)nc2C)C1. The van der Waals surface area contributed by atoms with Crippen LogP contribution in [0.1, 0.15) is 46.2 Å². The summed E-state index contributed by atoms with van der Waals surface area (Å²) >= 11 is 1.46. The number of piperidine rings is 1. The predicted molar refractivity (Wildman–Crippen MR) is 80.3 cm³/mol. The molecule has 1 N–H and O–H groups in total. The molecule has 1 aliphatic rings. The molecule has 2 rings (SSSR count). The summed E-state index contributed by atoms with van der Waals surface area (Å²) in [6.07, 6.45) is 2.12. The van der Waals surface area contributed by atoms with E-state index in [1.165, 1.54) is 11.3 Å². The second-order valence-corrected chi connectivity index (χ2v) is 6.25. The maximum Gasteiger partial charge on any atom is 0.265 e. The molecule has 0 spiro atoms. The molecule has 0 radical (unpaired) electrons. The third kappa shape index (κ3) is 3.19. The summed E-state index contributed by atoms with van der Waals surface area (Å²) in [5.41, 5.74) is 0.811. The van der Waals surface area contributed by atoms with E-state index in [1.54, 1.807) is 7.11 Å². The molecule has 5 nitrogen and oxygen atoms in total. The van der Waals surface area contributed by atoms with Crippen LogP contribution in [0.2, 0.25) is 0 Å². The van der Waals surface area contributed by atoms with Crippen LogP contribution in [-0.2, 0) is 4.74 Å². The minimum atomic E-state index is -0.0633. The number of methoxy groups -OCH3 is 1. The zero-order valence-corrected chi connectivity index (χ0v) is 13.4. The van der Waals surface area contributed by atoms with Crippen LogP contribution in [0.25, 0.3) is 0 Å². The van der Waals surface area contributed by atoms with Gasteiger partial charge in [0.05, 0.1) is 5.69 Å². The van der Waals surface area contributed by atoms with E-state index in [2.05, 4.69) is 10.3 Å². The van der Waals surface area contributed by atoms with E-state index in [-0.39, 0.29) is 12.0 Å². The average Bonchev–Trinajstić information content (AvgIpc) is 2.87. The molecule has 0 saturated carbocycles. The first-order valence-corrected chi connectivity index (χ1v) is 7.85. The Morgan fingerprint density at radius 1 is 1.60 bits per heavy atom. The minimum Gasteiger partial charge on any atom is -0.375 e. The second kappa shape index (κ2) is 6.65. The molecule has 1 aromatic rings. The molecule has 1 saturated heterocycles. The molecule has 1 fully saturated rings. The molecule has 2 heterocycles. The van der Waals surface area contributed by atoms with Crippen LogP contribution in [0.3, 0.4) is 0 Å². The summed E-state index contributed by atoms with van der Waals surface area (Å²) in [4.78, 5) is 19.8. The van der Waals surface area contributed by atoms with E-state index in [9.17, 15) is 4.79 Å². The van der Waals surface area contributed by atoms with Crippen LogP contribution in [0.5, 0.6) is 0 Å². The summed E-state index contributed by atoms with van der Waals surface area (Å²) in [5.74, 6) is 0.106. The zero-order chi connectivity index (χ0) is 14.7. The molecule has 0 bridgehead atoms. The Bertz CT molecular complexity index is 475. The van der Waals surface area contributed by atoms with Gasteiger partial charge >= 0.3 is 0 Å². The Labute approximate surface area is 124 Å². The Kier molecular flexibility index (Phi) is 5.12. The number of carbonyl (C=O) groups is 1. The van der Waals surface area contributed by atoms with Gasteiger partial charge in [-0.05, 0) is 33.7 Å². The number of nitrogens with zero attached hydrogens (tertiary/aromatic N) is 2. The number of rotatable bonds is 4. The molecule has 6 heteroatoms. The van der Waals surface area contributed by atoms with Crippen molar-refractivity contribution in [2.24, 2.45) is 0 Å². The fraction of sp³-hybridized carbons (Fsp3) is 0.714. The Balaban J connectivity index is 2.14. The third-order valence-corrected chi connectivity index (χ3v) is 5.13. The number of likely N-dealkylation sites (tertiary alicyclic amines) is 1. The standard InChI is InChI=1S/C14H23N3O2S/c1-9-12(20-13(16-9)10(2)19-4)14(18)17-7-5-6-11(8-17)15-3/h10-11,15H,5-8H2,1-4H3. The number of aryl methyl sites for hydroxylation is 1. The zero-order valence-electron chi connectivity index (χ0n) is 12.6.